The van der Waals surface area contributed by atoms with Crippen LogP contribution in [0.4, 0.5) is 5.95 Å². The minimum Gasteiger partial charge on any atom is -0.469 e. The highest BCUT2D eigenvalue weighted by molar-refractivity contribution is 5.99. The number of anilines is 1. The molecule has 2 aromatic heterocycles. The predicted octanol–water partition coefficient (Wildman–Crippen LogP) is 4.06. The molecule has 1 aliphatic heterocycles. The molecule has 0 aromatic carbocycles. The molecule has 5 heteroatoms. The first kappa shape index (κ1) is 16.3. The summed E-state index contributed by atoms with van der Waals surface area (Å²) in [6.07, 6.45) is 7.66. The Kier molecular flexibility index (Phi) is 4.32. The Labute approximate surface area is 148 Å². The third kappa shape index (κ3) is 2.96. The lowest BCUT2D eigenvalue weighted by molar-refractivity contribution is 0.0958. The highest BCUT2D eigenvalue weighted by Crippen LogP contribution is 2.34. The van der Waals surface area contributed by atoms with Crippen molar-refractivity contribution in [2.45, 2.75) is 64.3 Å². The Balaban J connectivity index is 1.70. The summed E-state index contributed by atoms with van der Waals surface area (Å²) < 4.78 is 5.54. The quantitative estimate of drug-likeness (QED) is 0.844. The fraction of sp³-hybridized carbons (Fsp3) is 0.550. The van der Waals surface area contributed by atoms with Crippen molar-refractivity contribution in [1.82, 2.24) is 9.97 Å². The van der Waals surface area contributed by atoms with Crippen molar-refractivity contribution in [2.24, 2.45) is 0 Å². The van der Waals surface area contributed by atoms with Gasteiger partial charge in [-0.1, -0.05) is 6.92 Å². The Morgan fingerprint density at radius 1 is 1.28 bits per heavy atom. The van der Waals surface area contributed by atoms with Crippen LogP contribution in [0.3, 0.4) is 0 Å². The molecular weight excluding hydrogens is 314 g/mol. The van der Waals surface area contributed by atoms with Crippen LogP contribution < -0.4 is 4.90 Å². The summed E-state index contributed by atoms with van der Waals surface area (Å²) in [7, 11) is 0. The Morgan fingerprint density at radius 2 is 2.16 bits per heavy atom. The van der Waals surface area contributed by atoms with Crippen LogP contribution in [0, 0.1) is 6.92 Å². The first-order chi connectivity index (χ1) is 12.2. The van der Waals surface area contributed by atoms with Gasteiger partial charge in [-0.3, -0.25) is 4.79 Å². The zero-order valence-electron chi connectivity index (χ0n) is 15.0. The van der Waals surface area contributed by atoms with Gasteiger partial charge in [0.1, 0.15) is 5.76 Å². The van der Waals surface area contributed by atoms with Gasteiger partial charge in [-0.25, -0.2) is 9.97 Å². The van der Waals surface area contributed by atoms with Crippen LogP contribution in [0.5, 0.6) is 0 Å². The minimum atomic E-state index is 0.0838. The number of Topliss-reactive ketones (excluding diaryl/α,β-unsaturated/α-hetero) is 1. The normalized spacial score (nSPS) is 23.6. The summed E-state index contributed by atoms with van der Waals surface area (Å²) in [5.41, 5.74) is 2.44. The summed E-state index contributed by atoms with van der Waals surface area (Å²) in [5, 5.41) is 0. The van der Waals surface area contributed by atoms with Gasteiger partial charge in [0.2, 0.25) is 5.95 Å². The van der Waals surface area contributed by atoms with Crippen LogP contribution in [0.15, 0.2) is 22.8 Å². The molecule has 25 heavy (non-hydrogen) atoms. The second-order valence-corrected chi connectivity index (χ2v) is 7.23. The van der Waals surface area contributed by atoms with E-state index in [1.807, 2.05) is 19.1 Å². The van der Waals surface area contributed by atoms with Crippen molar-refractivity contribution < 1.29 is 9.21 Å². The number of hydrogen-bond acceptors (Lipinski definition) is 5. The SMILES string of the molecule is CC[C@H]1CCCCN1c1nc(C)c2c(n1)C[C@@H](c1ccco1)CC2=O. The van der Waals surface area contributed by atoms with Gasteiger partial charge in [-0.05, 0) is 44.7 Å². The number of aromatic nitrogens is 2. The van der Waals surface area contributed by atoms with Crippen molar-refractivity contribution in [3.8, 4) is 0 Å². The number of nitrogens with zero attached hydrogens (tertiary/aromatic N) is 3. The molecule has 1 saturated heterocycles. The van der Waals surface area contributed by atoms with E-state index >= 15 is 0 Å². The second kappa shape index (κ2) is 6.62. The molecule has 0 N–H and O–H groups in total. The number of fused-ring (bicyclic) bond motifs is 1. The van der Waals surface area contributed by atoms with E-state index in [0.29, 0.717) is 12.5 Å². The molecule has 5 nitrogen and oxygen atoms in total. The number of furan rings is 1. The third-order valence-electron chi connectivity index (χ3n) is 5.60. The van der Waals surface area contributed by atoms with Crippen molar-refractivity contribution in [1.29, 1.82) is 0 Å². The Bertz CT molecular complexity index is 769. The van der Waals surface area contributed by atoms with E-state index in [2.05, 4.69) is 11.8 Å². The molecule has 0 bridgehead atoms. The number of rotatable bonds is 3. The van der Waals surface area contributed by atoms with Crippen molar-refractivity contribution in [2.75, 3.05) is 11.4 Å². The molecule has 2 atom stereocenters. The van der Waals surface area contributed by atoms with E-state index < -0.39 is 0 Å². The maximum atomic E-state index is 12.7. The largest absolute Gasteiger partial charge is 0.469 e. The second-order valence-electron chi connectivity index (χ2n) is 7.23. The predicted molar refractivity (Wildman–Crippen MR) is 96.1 cm³/mol. The van der Waals surface area contributed by atoms with E-state index in [0.717, 1.165) is 48.0 Å². The molecule has 0 unspecified atom stereocenters. The lowest BCUT2D eigenvalue weighted by Crippen LogP contribution is -2.40. The van der Waals surface area contributed by atoms with Crippen LogP contribution in [0.25, 0.3) is 0 Å². The molecule has 3 heterocycles. The topological polar surface area (TPSA) is 59.2 Å². The lowest BCUT2D eigenvalue weighted by Gasteiger charge is -2.36. The van der Waals surface area contributed by atoms with Gasteiger partial charge in [0.05, 0.1) is 23.2 Å². The van der Waals surface area contributed by atoms with E-state index in [-0.39, 0.29) is 11.7 Å². The average molecular weight is 339 g/mol. The van der Waals surface area contributed by atoms with Crippen molar-refractivity contribution in [3.63, 3.8) is 0 Å². The molecule has 2 aliphatic rings. The fourth-order valence-corrected chi connectivity index (χ4v) is 4.30. The van der Waals surface area contributed by atoms with Gasteiger partial charge in [0.25, 0.3) is 0 Å². The van der Waals surface area contributed by atoms with Crippen molar-refractivity contribution >= 4 is 11.7 Å². The standard InChI is InChI=1S/C20H25N3O2/c1-3-15-7-4-5-9-23(15)20-21-13(2)19-16(22-20)11-14(12-17(19)24)18-8-6-10-25-18/h6,8,10,14-15H,3-5,7,9,11-12H2,1-2H3/t14-,15+/m1/s1. The molecule has 132 valence electrons. The molecule has 1 fully saturated rings. The van der Waals surface area contributed by atoms with Gasteiger partial charge in [0.15, 0.2) is 5.78 Å². The summed E-state index contributed by atoms with van der Waals surface area (Å²) >= 11 is 0. The van der Waals surface area contributed by atoms with Gasteiger partial charge in [-0.2, -0.15) is 0 Å². The smallest absolute Gasteiger partial charge is 0.226 e. The fourth-order valence-electron chi connectivity index (χ4n) is 4.30. The minimum absolute atomic E-state index is 0.0838. The lowest BCUT2D eigenvalue weighted by atomic mass is 9.84. The number of aryl methyl sites for hydroxylation is 1. The molecule has 4 rings (SSSR count). The summed E-state index contributed by atoms with van der Waals surface area (Å²) in [6, 6.07) is 4.34. The number of hydrogen-bond donors (Lipinski definition) is 0. The maximum Gasteiger partial charge on any atom is 0.226 e. The van der Waals surface area contributed by atoms with Crippen molar-refractivity contribution in [3.05, 3.63) is 41.1 Å². The number of ketones is 1. The van der Waals surface area contributed by atoms with E-state index in [1.54, 1.807) is 6.26 Å². The van der Waals surface area contributed by atoms with E-state index in [4.69, 9.17) is 14.4 Å². The molecule has 0 radical (unpaired) electrons. The highest BCUT2D eigenvalue weighted by atomic mass is 16.3. The third-order valence-corrected chi connectivity index (χ3v) is 5.60. The van der Waals surface area contributed by atoms with Crippen LogP contribution in [0.1, 0.15) is 72.5 Å². The molecule has 1 aliphatic carbocycles. The van der Waals surface area contributed by atoms with Crippen LogP contribution in [-0.4, -0.2) is 28.3 Å². The zero-order chi connectivity index (χ0) is 17.4. The monoisotopic (exact) mass is 339 g/mol. The van der Waals surface area contributed by atoms with Gasteiger partial charge >= 0.3 is 0 Å². The number of carbonyl (C=O) groups excluding carboxylic acids is 1. The van der Waals surface area contributed by atoms with E-state index in [9.17, 15) is 4.79 Å². The van der Waals surface area contributed by atoms with E-state index in [1.165, 1.54) is 19.3 Å². The van der Waals surface area contributed by atoms with Crippen LogP contribution in [-0.2, 0) is 6.42 Å². The summed E-state index contributed by atoms with van der Waals surface area (Å²) in [5.74, 6) is 1.90. The molecular formula is C20H25N3O2. The molecule has 2 aromatic rings. The Hall–Kier alpha value is -2.17. The average Bonchev–Trinajstić information content (AvgIpc) is 3.15. The zero-order valence-corrected chi connectivity index (χ0v) is 15.0. The van der Waals surface area contributed by atoms with Crippen LogP contribution in [0.2, 0.25) is 0 Å². The van der Waals surface area contributed by atoms with Crippen LogP contribution >= 0.6 is 0 Å². The van der Waals surface area contributed by atoms with Gasteiger partial charge < -0.3 is 9.32 Å². The van der Waals surface area contributed by atoms with Gasteiger partial charge in [0, 0.05) is 31.3 Å². The summed E-state index contributed by atoms with van der Waals surface area (Å²) in [4.78, 5) is 24.6. The molecule has 0 saturated carbocycles. The maximum absolute atomic E-state index is 12.7. The summed E-state index contributed by atoms with van der Waals surface area (Å²) in [6.45, 7) is 5.18. The number of piperidine rings is 1. The van der Waals surface area contributed by atoms with Gasteiger partial charge in [-0.15, -0.1) is 0 Å². The number of carbonyl (C=O) groups is 1. The highest BCUT2D eigenvalue weighted by Gasteiger charge is 2.32. The molecule has 0 amide bonds. The molecule has 0 spiro atoms. The first-order valence-electron chi connectivity index (χ1n) is 9.38. The Morgan fingerprint density at radius 3 is 2.92 bits per heavy atom. The first-order valence-corrected chi connectivity index (χ1v) is 9.38.